The molecule has 0 radical (unpaired) electrons. The van der Waals surface area contributed by atoms with Crippen LogP contribution in [0.3, 0.4) is 0 Å². The molecule has 1 aliphatic rings. The fraction of sp³-hybridized carbons (Fsp3) is 0.375. The van der Waals surface area contributed by atoms with Gasteiger partial charge < -0.3 is 19.3 Å². The number of piperidine rings is 1. The Balaban J connectivity index is 1.66. The summed E-state index contributed by atoms with van der Waals surface area (Å²) in [5, 5.41) is 0.457. The number of esters is 1. The first kappa shape index (κ1) is 23.6. The topological polar surface area (TPSA) is 76.2 Å². The molecule has 0 saturated carbocycles. The summed E-state index contributed by atoms with van der Waals surface area (Å²) in [5.74, 6) is -0.550. The molecule has 0 N–H and O–H groups in total. The second-order valence-corrected chi connectivity index (χ2v) is 8.10. The molecule has 1 saturated heterocycles. The summed E-state index contributed by atoms with van der Waals surface area (Å²) in [6.07, 6.45) is 1.03. The van der Waals surface area contributed by atoms with Crippen LogP contribution in [0.15, 0.2) is 48.5 Å². The second kappa shape index (κ2) is 11.0. The fourth-order valence-electron chi connectivity index (χ4n) is 3.84. The van der Waals surface area contributed by atoms with Gasteiger partial charge in [-0.15, -0.1) is 0 Å². The summed E-state index contributed by atoms with van der Waals surface area (Å²) in [4.78, 5) is 41.4. The van der Waals surface area contributed by atoms with E-state index in [4.69, 9.17) is 21.1 Å². The van der Waals surface area contributed by atoms with E-state index in [2.05, 4.69) is 0 Å². The van der Waals surface area contributed by atoms with Crippen molar-refractivity contribution in [2.24, 2.45) is 5.92 Å². The smallest absolute Gasteiger partial charge is 0.325 e. The van der Waals surface area contributed by atoms with Crippen molar-refractivity contribution in [2.45, 2.75) is 19.4 Å². The Morgan fingerprint density at radius 1 is 1.06 bits per heavy atom. The quantitative estimate of drug-likeness (QED) is 0.594. The molecule has 0 atom stereocenters. The maximum atomic E-state index is 13.2. The monoisotopic (exact) mass is 458 g/mol. The van der Waals surface area contributed by atoms with Crippen LogP contribution in [0.5, 0.6) is 5.75 Å². The fourth-order valence-corrected chi connectivity index (χ4v) is 4.01. The lowest BCUT2D eigenvalue weighted by atomic mass is 9.94. The van der Waals surface area contributed by atoms with Gasteiger partial charge in [-0.25, -0.2) is 0 Å². The standard InChI is InChI=1S/C24H27ClN2O5/c1-31-21-9-8-19(25)14-20(21)24(30)26-12-10-18(11-13-26)23(29)27(16-22(28)32-2)15-17-6-4-3-5-7-17/h3-9,14,18H,10-13,15-16H2,1-2H3. The predicted molar refractivity (Wildman–Crippen MR) is 121 cm³/mol. The molecule has 32 heavy (non-hydrogen) atoms. The number of hydrogen-bond donors (Lipinski definition) is 0. The zero-order valence-electron chi connectivity index (χ0n) is 18.3. The van der Waals surface area contributed by atoms with Crippen molar-refractivity contribution >= 4 is 29.4 Å². The van der Waals surface area contributed by atoms with E-state index in [0.29, 0.717) is 48.8 Å². The largest absolute Gasteiger partial charge is 0.496 e. The average molecular weight is 459 g/mol. The van der Waals surface area contributed by atoms with Crippen molar-refractivity contribution < 1.29 is 23.9 Å². The van der Waals surface area contributed by atoms with Crippen molar-refractivity contribution in [3.8, 4) is 5.75 Å². The van der Waals surface area contributed by atoms with Crippen LogP contribution >= 0.6 is 11.6 Å². The zero-order chi connectivity index (χ0) is 23.1. The molecule has 1 aliphatic heterocycles. The van der Waals surface area contributed by atoms with Gasteiger partial charge in [0, 0.05) is 30.6 Å². The van der Waals surface area contributed by atoms with Gasteiger partial charge in [0.1, 0.15) is 12.3 Å². The van der Waals surface area contributed by atoms with E-state index < -0.39 is 5.97 Å². The molecule has 0 spiro atoms. The number of methoxy groups -OCH3 is 2. The van der Waals surface area contributed by atoms with Gasteiger partial charge in [0.05, 0.1) is 19.8 Å². The minimum Gasteiger partial charge on any atom is -0.496 e. The molecule has 0 unspecified atom stereocenters. The number of benzene rings is 2. The molecular weight excluding hydrogens is 432 g/mol. The number of carbonyl (C=O) groups excluding carboxylic acids is 3. The molecule has 1 fully saturated rings. The van der Waals surface area contributed by atoms with Gasteiger partial charge in [0.2, 0.25) is 5.91 Å². The van der Waals surface area contributed by atoms with Crippen LogP contribution < -0.4 is 4.74 Å². The van der Waals surface area contributed by atoms with Gasteiger partial charge in [-0.2, -0.15) is 0 Å². The van der Waals surface area contributed by atoms with Crippen LogP contribution in [0, 0.1) is 5.92 Å². The van der Waals surface area contributed by atoms with Gasteiger partial charge >= 0.3 is 5.97 Å². The summed E-state index contributed by atoms with van der Waals surface area (Å²) >= 11 is 6.06. The lowest BCUT2D eigenvalue weighted by Gasteiger charge is -2.34. The van der Waals surface area contributed by atoms with Crippen molar-refractivity contribution in [1.29, 1.82) is 0 Å². The number of amides is 2. The average Bonchev–Trinajstić information content (AvgIpc) is 2.83. The van der Waals surface area contributed by atoms with Crippen LogP contribution in [0.1, 0.15) is 28.8 Å². The second-order valence-electron chi connectivity index (χ2n) is 7.67. The Morgan fingerprint density at radius 2 is 1.75 bits per heavy atom. The SMILES string of the molecule is COC(=O)CN(Cc1ccccc1)C(=O)C1CCN(C(=O)c2cc(Cl)ccc2OC)CC1. The normalized spacial score (nSPS) is 14.0. The molecule has 0 aliphatic carbocycles. The van der Waals surface area contributed by atoms with E-state index >= 15 is 0 Å². The van der Waals surface area contributed by atoms with Crippen LogP contribution in [-0.4, -0.2) is 61.4 Å². The van der Waals surface area contributed by atoms with Gasteiger partial charge in [0.15, 0.2) is 0 Å². The molecule has 1 heterocycles. The lowest BCUT2D eigenvalue weighted by Crippen LogP contribution is -2.45. The first-order chi connectivity index (χ1) is 15.4. The number of nitrogens with zero attached hydrogens (tertiary/aromatic N) is 2. The summed E-state index contributed by atoms with van der Waals surface area (Å²) in [7, 11) is 2.81. The highest BCUT2D eigenvalue weighted by Gasteiger charge is 2.32. The molecule has 0 aromatic heterocycles. The maximum Gasteiger partial charge on any atom is 0.325 e. The summed E-state index contributed by atoms with van der Waals surface area (Å²) < 4.78 is 10.1. The van der Waals surface area contributed by atoms with Crippen molar-refractivity contribution in [3.05, 3.63) is 64.7 Å². The molecule has 7 nitrogen and oxygen atoms in total. The first-order valence-electron chi connectivity index (χ1n) is 10.4. The van der Waals surface area contributed by atoms with Gasteiger partial charge in [-0.3, -0.25) is 14.4 Å². The number of hydrogen-bond acceptors (Lipinski definition) is 5. The highest BCUT2D eigenvalue weighted by molar-refractivity contribution is 6.31. The highest BCUT2D eigenvalue weighted by Crippen LogP contribution is 2.27. The van der Waals surface area contributed by atoms with E-state index in [1.807, 2.05) is 30.3 Å². The van der Waals surface area contributed by atoms with Crippen LogP contribution in [0.25, 0.3) is 0 Å². The highest BCUT2D eigenvalue weighted by atomic mass is 35.5. The van der Waals surface area contributed by atoms with E-state index in [9.17, 15) is 14.4 Å². The summed E-state index contributed by atoms with van der Waals surface area (Å²) in [5.41, 5.74) is 1.34. The van der Waals surface area contributed by atoms with Gasteiger partial charge in [-0.1, -0.05) is 41.9 Å². The molecule has 170 valence electrons. The third kappa shape index (κ3) is 5.79. The number of rotatable bonds is 7. The molecular formula is C24H27ClN2O5. The Labute approximate surface area is 192 Å². The van der Waals surface area contributed by atoms with Crippen LogP contribution in [0.2, 0.25) is 5.02 Å². The van der Waals surface area contributed by atoms with E-state index in [1.165, 1.54) is 19.1 Å². The third-order valence-electron chi connectivity index (χ3n) is 5.60. The Hall–Kier alpha value is -3.06. The van der Waals surface area contributed by atoms with Crippen LogP contribution in [-0.2, 0) is 20.9 Å². The molecule has 3 rings (SSSR count). The minimum atomic E-state index is -0.463. The molecule has 2 amide bonds. The number of halogens is 1. The lowest BCUT2D eigenvalue weighted by molar-refractivity contribution is -0.149. The van der Waals surface area contributed by atoms with Crippen molar-refractivity contribution in [1.82, 2.24) is 9.80 Å². The Kier molecular flexibility index (Phi) is 8.11. The Morgan fingerprint density at radius 3 is 2.38 bits per heavy atom. The summed E-state index contributed by atoms with van der Waals surface area (Å²) in [6.45, 7) is 1.08. The Bertz CT molecular complexity index is 958. The molecule has 0 bridgehead atoms. The summed E-state index contributed by atoms with van der Waals surface area (Å²) in [6, 6.07) is 14.4. The van der Waals surface area contributed by atoms with Crippen molar-refractivity contribution in [2.75, 3.05) is 33.9 Å². The minimum absolute atomic E-state index is 0.105. The number of ether oxygens (including phenoxy) is 2. The third-order valence-corrected chi connectivity index (χ3v) is 5.83. The van der Waals surface area contributed by atoms with Gasteiger partial charge in [-0.05, 0) is 36.6 Å². The molecule has 8 heteroatoms. The number of likely N-dealkylation sites (tertiary alicyclic amines) is 1. The van der Waals surface area contributed by atoms with Crippen molar-refractivity contribution in [3.63, 3.8) is 0 Å². The zero-order valence-corrected chi connectivity index (χ0v) is 19.0. The van der Waals surface area contributed by atoms with Gasteiger partial charge in [0.25, 0.3) is 5.91 Å². The van der Waals surface area contributed by atoms with E-state index in [0.717, 1.165) is 5.56 Å². The predicted octanol–water partition coefficient (Wildman–Crippen LogP) is 3.40. The van der Waals surface area contributed by atoms with E-state index in [1.54, 1.807) is 23.1 Å². The number of carbonyl (C=O) groups is 3. The molecule has 2 aromatic rings. The maximum absolute atomic E-state index is 13.2. The molecule has 2 aromatic carbocycles. The van der Waals surface area contributed by atoms with Crippen LogP contribution in [0.4, 0.5) is 0 Å². The van der Waals surface area contributed by atoms with E-state index in [-0.39, 0.29) is 24.3 Å². The first-order valence-corrected chi connectivity index (χ1v) is 10.8.